The molecule has 2 fully saturated rings. The van der Waals surface area contributed by atoms with Gasteiger partial charge >= 0.3 is 11.9 Å². The van der Waals surface area contributed by atoms with Crippen LogP contribution < -0.4 is 5.32 Å². The fourth-order valence-corrected chi connectivity index (χ4v) is 7.24. The molecule has 6 nitrogen and oxygen atoms in total. The predicted octanol–water partition coefficient (Wildman–Crippen LogP) is 5.10. The van der Waals surface area contributed by atoms with Crippen LogP contribution in [-0.2, 0) is 29.8 Å². The Hall–Kier alpha value is -1.49. The lowest BCUT2D eigenvalue weighted by molar-refractivity contribution is -0.164. The number of ether oxygens (including phenoxy) is 1. The van der Waals surface area contributed by atoms with Gasteiger partial charge in [0.15, 0.2) is 0 Å². The number of esters is 2. The van der Waals surface area contributed by atoms with Crippen molar-refractivity contribution in [2.45, 2.75) is 76.7 Å². The highest BCUT2D eigenvalue weighted by Crippen LogP contribution is 2.48. The zero-order valence-corrected chi connectivity index (χ0v) is 20.2. The van der Waals surface area contributed by atoms with Crippen molar-refractivity contribution in [2.75, 3.05) is 25.5 Å². The third-order valence-corrected chi connectivity index (χ3v) is 9.32. The molecule has 0 bridgehead atoms. The summed E-state index contributed by atoms with van der Waals surface area (Å²) >= 11 is 0. The fraction of sp³-hybridized carbons (Fsp3) is 0.680. The first kappa shape index (κ1) is 25.1. The molecular weight excluding hydrogens is 425 g/mol. The van der Waals surface area contributed by atoms with Crippen LogP contribution in [0.5, 0.6) is 0 Å². The van der Waals surface area contributed by atoms with E-state index in [9.17, 15) is 14.2 Å². The van der Waals surface area contributed by atoms with E-state index < -0.39 is 24.8 Å². The summed E-state index contributed by atoms with van der Waals surface area (Å²) in [5.74, 6) is -1.01. The molecule has 1 aliphatic carbocycles. The van der Waals surface area contributed by atoms with E-state index in [0.717, 1.165) is 51.5 Å². The maximum absolute atomic E-state index is 13.3. The summed E-state index contributed by atoms with van der Waals surface area (Å²) in [5.41, 5.74) is 0.474. The van der Waals surface area contributed by atoms with Crippen LogP contribution in [0, 0.1) is 5.92 Å². The third-order valence-electron chi connectivity index (χ3n) is 6.85. The van der Waals surface area contributed by atoms with Crippen molar-refractivity contribution in [3.05, 3.63) is 35.9 Å². The first-order valence-electron chi connectivity index (χ1n) is 12.2. The Morgan fingerprint density at radius 2 is 1.84 bits per heavy atom. The number of carbonyl (C=O) groups is 2. The summed E-state index contributed by atoms with van der Waals surface area (Å²) in [5, 5.41) is 3.36. The highest BCUT2D eigenvalue weighted by molar-refractivity contribution is 7.59. The van der Waals surface area contributed by atoms with E-state index in [4.69, 9.17) is 9.26 Å². The SMILES string of the molecule is CCOP(=O)(CCCCc1ccccc1)CC(=O)OC(=O)[C@]1(C2CCCCC2)CCCN1. The summed E-state index contributed by atoms with van der Waals surface area (Å²) in [6.07, 6.45) is 9.42. The number of rotatable bonds is 11. The second-order valence-corrected chi connectivity index (χ2v) is 11.8. The number of nitrogens with one attached hydrogen (secondary N) is 1. The van der Waals surface area contributed by atoms with Crippen LogP contribution >= 0.6 is 7.37 Å². The molecule has 1 aliphatic heterocycles. The Morgan fingerprint density at radius 3 is 2.50 bits per heavy atom. The van der Waals surface area contributed by atoms with Gasteiger partial charge in [0.25, 0.3) is 0 Å². The van der Waals surface area contributed by atoms with Crippen LogP contribution in [0.4, 0.5) is 0 Å². The number of hydrogen-bond acceptors (Lipinski definition) is 6. The second kappa shape index (κ2) is 12.1. The third kappa shape index (κ3) is 6.76. The molecule has 178 valence electrons. The maximum Gasteiger partial charge on any atom is 0.334 e. The van der Waals surface area contributed by atoms with Gasteiger partial charge in [-0.2, -0.15) is 0 Å². The molecule has 1 aromatic carbocycles. The lowest BCUT2D eigenvalue weighted by atomic mass is 9.74. The van der Waals surface area contributed by atoms with Crippen molar-refractivity contribution >= 4 is 19.3 Å². The molecule has 1 saturated heterocycles. The molecule has 0 aromatic heterocycles. The van der Waals surface area contributed by atoms with E-state index in [1.807, 2.05) is 18.2 Å². The average molecular weight is 464 g/mol. The Bertz CT molecular complexity index is 785. The van der Waals surface area contributed by atoms with Crippen LogP contribution in [0.25, 0.3) is 0 Å². The van der Waals surface area contributed by atoms with Gasteiger partial charge in [0.2, 0.25) is 7.37 Å². The van der Waals surface area contributed by atoms with E-state index in [0.29, 0.717) is 19.0 Å². The van der Waals surface area contributed by atoms with Gasteiger partial charge in [0.05, 0.1) is 6.61 Å². The standard InChI is InChI=1S/C25H38NO5P/c1-2-30-32(29,19-10-9-14-21-12-5-3-6-13-21)20-23(27)31-24(28)25(17-11-18-26-25)22-15-7-4-8-16-22/h3,5-6,12-13,22,26H,2,4,7-11,14-20H2,1H3/t25-,32?/m1/s1. The highest BCUT2D eigenvalue weighted by Gasteiger charge is 2.49. The van der Waals surface area contributed by atoms with Gasteiger partial charge in [-0.25, -0.2) is 4.79 Å². The normalized spacial score (nSPS) is 23.5. The summed E-state index contributed by atoms with van der Waals surface area (Å²) in [6.45, 7) is 2.80. The molecule has 32 heavy (non-hydrogen) atoms. The predicted molar refractivity (Wildman–Crippen MR) is 126 cm³/mol. The average Bonchev–Trinajstić information content (AvgIpc) is 3.29. The smallest absolute Gasteiger partial charge is 0.334 e. The quantitative estimate of drug-likeness (QED) is 0.213. The minimum absolute atomic E-state index is 0.204. The molecule has 2 aliphatic rings. The van der Waals surface area contributed by atoms with Crippen LogP contribution in [0.2, 0.25) is 0 Å². The van der Waals surface area contributed by atoms with Gasteiger partial charge in [-0.1, -0.05) is 49.6 Å². The number of hydrogen-bond donors (Lipinski definition) is 1. The summed E-state index contributed by atoms with van der Waals surface area (Å²) in [6, 6.07) is 10.1. The van der Waals surface area contributed by atoms with Crippen molar-refractivity contribution in [1.82, 2.24) is 5.32 Å². The van der Waals surface area contributed by atoms with Gasteiger partial charge in [-0.05, 0) is 69.9 Å². The fourth-order valence-electron chi connectivity index (χ4n) is 5.23. The van der Waals surface area contributed by atoms with Crippen LogP contribution in [0.15, 0.2) is 30.3 Å². The molecule has 7 heteroatoms. The minimum Gasteiger partial charge on any atom is -0.391 e. The van der Waals surface area contributed by atoms with Crippen LogP contribution in [-0.4, -0.2) is 43.0 Å². The molecule has 2 atom stereocenters. The Balaban J connectivity index is 1.53. The van der Waals surface area contributed by atoms with Gasteiger partial charge in [-0.3, -0.25) is 9.36 Å². The molecule has 1 heterocycles. The van der Waals surface area contributed by atoms with Crippen molar-refractivity contribution in [3.8, 4) is 0 Å². The van der Waals surface area contributed by atoms with Gasteiger partial charge < -0.3 is 14.6 Å². The highest BCUT2D eigenvalue weighted by atomic mass is 31.2. The van der Waals surface area contributed by atoms with Gasteiger partial charge in [-0.15, -0.1) is 0 Å². The zero-order valence-electron chi connectivity index (χ0n) is 19.4. The van der Waals surface area contributed by atoms with Crippen molar-refractivity contribution in [1.29, 1.82) is 0 Å². The molecule has 1 unspecified atom stereocenters. The Morgan fingerprint density at radius 1 is 1.09 bits per heavy atom. The Labute approximate surface area is 192 Å². The molecular formula is C25H38NO5P. The molecule has 0 amide bonds. The van der Waals surface area contributed by atoms with E-state index in [1.165, 1.54) is 12.0 Å². The van der Waals surface area contributed by atoms with E-state index in [-0.39, 0.29) is 18.7 Å². The molecule has 0 spiro atoms. The molecule has 3 rings (SSSR count). The first-order valence-corrected chi connectivity index (χ1v) is 14.2. The number of unbranched alkanes of at least 4 members (excludes halogenated alkanes) is 1. The lowest BCUT2D eigenvalue weighted by Crippen LogP contribution is -2.55. The zero-order chi connectivity index (χ0) is 22.9. The molecule has 1 aromatic rings. The summed E-state index contributed by atoms with van der Waals surface area (Å²) < 4.78 is 24.1. The van der Waals surface area contributed by atoms with E-state index in [2.05, 4.69) is 17.4 Å². The van der Waals surface area contributed by atoms with E-state index >= 15 is 0 Å². The lowest BCUT2D eigenvalue weighted by Gasteiger charge is -2.37. The number of aryl methyl sites for hydroxylation is 1. The van der Waals surface area contributed by atoms with Crippen molar-refractivity contribution in [3.63, 3.8) is 0 Å². The summed E-state index contributed by atoms with van der Waals surface area (Å²) in [7, 11) is -3.19. The number of carbonyl (C=O) groups excluding carboxylic acids is 2. The van der Waals surface area contributed by atoms with E-state index in [1.54, 1.807) is 6.92 Å². The monoisotopic (exact) mass is 463 g/mol. The van der Waals surface area contributed by atoms with Gasteiger partial charge in [0, 0.05) is 6.16 Å². The topological polar surface area (TPSA) is 81.7 Å². The van der Waals surface area contributed by atoms with Crippen molar-refractivity contribution in [2.24, 2.45) is 5.92 Å². The molecule has 1 N–H and O–H groups in total. The van der Waals surface area contributed by atoms with Gasteiger partial charge in [0.1, 0.15) is 11.7 Å². The largest absolute Gasteiger partial charge is 0.391 e. The summed E-state index contributed by atoms with van der Waals surface area (Å²) in [4.78, 5) is 25.8. The molecule has 0 radical (unpaired) electrons. The molecule has 1 saturated carbocycles. The minimum atomic E-state index is -3.19. The first-order chi connectivity index (χ1) is 15.5. The maximum atomic E-state index is 13.3. The van der Waals surface area contributed by atoms with Crippen molar-refractivity contribution < 1.29 is 23.4 Å². The van der Waals surface area contributed by atoms with Crippen LogP contribution in [0.1, 0.15) is 70.3 Å². The second-order valence-electron chi connectivity index (χ2n) is 9.15. The number of benzene rings is 1. The van der Waals surface area contributed by atoms with Crippen LogP contribution in [0.3, 0.4) is 0 Å². The Kier molecular flexibility index (Phi) is 9.51.